The van der Waals surface area contributed by atoms with Gasteiger partial charge in [0.25, 0.3) is 0 Å². The van der Waals surface area contributed by atoms with Gasteiger partial charge < -0.3 is 4.74 Å². The van der Waals surface area contributed by atoms with Crippen molar-refractivity contribution in [2.45, 2.75) is 45.5 Å². The maximum Gasteiger partial charge on any atom is 0.316 e. The van der Waals surface area contributed by atoms with Crippen LogP contribution in [0.3, 0.4) is 0 Å². The highest BCUT2D eigenvalue weighted by molar-refractivity contribution is 8.00. The number of carbonyl (C=O) groups is 1. The molecule has 2 nitrogen and oxygen atoms in total. The standard InChI is InChI=1S/C9H18O2S/c1-5-8(4)12-6-9(10)11-7(2)3/h7-8H,5-6H2,1-4H3. The molecule has 0 saturated heterocycles. The van der Waals surface area contributed by atoms with Gasteiger partial charge in [0.2, 0.25) is 0 Å². The zero-order chi connectivity index (χ0) is 9.56. The minimum Gasteiger partial charge on any atom is -0.462 e. The van der Waals surface area contributed by atoms with Crippen molar-refractivity contribution in [3.8, 4) is 0 Å². The van der Waals surface area contributed by atoms with Gasteiger partial charge in [0.15, 0.2) is 0 Å². The van der Waals surface area contributed by atoms with E-state index in [1.54, 1.807) is 11.8 Å². The largest absolute Gasteiger partial charge is 0.462 e. The summed E-state index contributed by atoms with van der Waals surface area (Å²) in [7, 11) is 0. The molecule has 0 heterocycles. The second-order valence-corrected chi connectivity index (χ2v) is 4.50. The molecule has 0 bridgehead atoms. The van der Waals surface area contributed by atoms with Crippen LogP contribution in [0.1, 0.15) is 34.1 Å². The fourth-order valence-electron chi connectivity index (χ4n) is 0.625. The molecule has 1 unspecified atom stereocenters. The van der Waals surface area contributed by atoms with E-state index in [2.05, 4.69) is 13.8 Å². The van der Waals surface area contributed by atoms with E-state index in [9.17, 15) is 4.79 Å². The molecule has 0 rings (SSSR count). The normalized spacial score (nSPS) is 13.1. The summed E-state index contributed by atoms with van der Waals surface area (Å²) in [6.45, 7) is 7.97. The van der Waals surface area contributed by atoms with Crippen molar-refractivity contribution in [3.05, 3.63) is 0 Å². The van der Waals surface area contributed by atoms with Crippen LogP contribution >= 0.6 is 11.8 Å². The van der Waals surface area contributed by atoms with Crippen LogP contribution < -0.4 is 0 Å². The molecule has 0 aromatic rings. The highest BCUT2D eigenvalue weighted by atomic mass is 32.2. The second kappa shape index (κ2) is 6.35. The van der Waals surface area contributed by atoms with Gasteiger partial charge in [-0.3, -0.25) is 4.79 Å². The van der Waals surface area contributed by atoms with E-state index < -0.39 is 0 Å². The summed E-state index contributed by atoms with van der Waals surface area (Å²) in [6.07, 6.45) is 1.11. The summed E-state index contributed by atoms with van der Waals surface area (Å²) in [4.78, 5) is 11.0. The van der Waals surface area contributed by atoms with Gasteiger partial charge in [-0.25, -0.2) is 0 Å². The van der Waals surface area contributed by atoms with Gasteiger partial charge in [-0.2, -0.15) is 0 Å². The number of hydrogen-bond acceptors (Lipinski definition) is 3. The van der Waals surface area contributed by atoms with E-state index in [1.807, 2.05) is 13.8 Å². The lowest BCUT2D eigenvalue weighted by atomic mass is 10.4. The maximum absolute atomic E-state index is 11.0. The van der Waals surface area contributed by atoms with Crippen molar-refractivity contribution in [1.82, 2.24) is 0 Å². The molecule has 0 N–H and O–H groups in total. The minimum absolute atomic E-state index is 0.00929. The smallest absolute Gasteiger partial charge is 0.316 e. The van der Waals surface area contributed by atoms with Gasteiger partial charge in [-0.15, -0.1) is 11.8 Å². The van der Waals surface area contributed by atoms with E-state index in [0.29, 0.717) is 11.0 Å². The summed E-state index contributed by atoms with van der Waals surface area (Å²) in [5, 5.41) is 0.546. The van der Waals surface area contributed by atoms with Crippen LogP contribution in [-0.4, -0.2) is 23.1 Å². The van der Waals surface area contributed by atoms with Crippen molar-refractivity contribution in [3.63, 3.8) is 0 Å². The topological polar surface area (TPSA) is 26.3 Å². The highest BCUT2D eigenvalue weighted by Crippen LogP contribution is 2.13. The number of thioether (sulfide) groups is 1. The molecule has 0 aromatic carbocycles. The third-order valence-electron chi connectivity index (χ3n) is 1.43. The third kappa shape index (κ3) is 6.53. The van der Waals surface area contributed by atoms with E-state index in [4.69, 9.17) is 4.74 Å². The number of ether oxygens (including phenoxy) is 1. The number of rotatable bonds is 5. The van der Waals surface area contributed by atoms with E-state index >= 15 is 0 Å². The summed E-state index contributed by atoms with van der Waals surface area (Å²) in [5.41, 5.74) is 0. The Bertz CT molecular complexity index is 134. The van der Waals surface area contributed by atoms with Crippen molar-refractivity contribution < 1.29 is 9.53 Å². The average Bonchev–Trinajstić information content (AvgIpc) is 1.99. The van der Waals surface area contributed by atoms with Crippen LogP contribution in [0.25, 0.3) is 0 Å². The van der Waals surface area contributed by atoms with Crippen LogP contribution in [0.15, 0.2) is 0 Å². The Hall–Kier alpha value is -0.180. The lowest BCUT2D eigenvalue weighted by molar-refractivity contribution is -0.144. The van der Waals surface area contributed by atoms with Crippen molar-refractivity contribution in [2.24, 2.45) is 0 Å². The van der Waals surface area contributed by atoms with E-state index in [1.165, 1.54) is 0 Å². The third-order valence-corrected chi connectivity index (χ3v) is 2.73. The minimum atomic E-state index is -0.102. The molecule has 0 spiro atoms. The number of carbonyl (C=O) groups excluding carboxylic acids is 1. The molecular weight excluding hydrogens is 172 g/mol. The first-order valence-electron chi connectivity index (χ1n) is 4.37. The first-order chi connectivity index (χ1) is 5.56. The fourth-order valence-corrected chi connectivity index (χ4v) is 1.35. The summed E-state index contributed by atoms with van der Waals surface area (Å²) in [6, 6.07) is 0. The van der Waals surface area contributed by atoms with Gasteiger partial charge in [0.05, 0.1) is 11.9 Å². The Morgan fingerprint density at radius 1 is 1.42 bits per heavy atom. The molecule has 0 aliphatic carbocycles. The second-order valence-electron chi connectivity index (χ2n) is 3.07. The first kappa shape index (κ1) is 11.8. The van der Waals surface area contributed by atoms with Gasteiger partial charge in [-0.05, 0) is 20.3 Å². The molecule has 0 amide bonds. The monoisotopic (exact) mass is 190 g/mol. The number of esters is 1. The molecule has 0 fully saturated rings. The molecular formula is C9H18O2S. The summed E-state index contributed by atoms with van der Waals surface area (Å²) in [5.74, 6) is 0.378. The Morgan fingerprint density at radius 2 is 2.00 bits per heavy atom. The van der Waals surface area contributed by atoms with Crippen LogP contribution in [0, 0.1) is 0 Å². The Balaban J connectivity index is 3.44. The molecule has 0 aromatic heterocycles. The first-order valence-corrected chi connectivity index (χ1v) is 5.42. The van der Waals surface area contributed by atoms with Crippen LogP contribution in [-0.2, 0) is 9.53 Å². The maximum atomic E-state index is 11.0. The van der Waals surface area contributed by atoms with Crippen molar-refractivity contribution >= 4 is 17.7 Å². The fraction of sp³-hybridized carbons (Fsp3) is 0.889. The number of hydrogen-bond donors (Lipinski definition) is 0. The quantitative estimate of drug-likeness (QED) is 0.623. The SMILES string of the molecule is CCC(C)SCC(=O)OC(C)C. The van der Waals surface area contributed by atoms with Gasteiger partial charge in [0, 0.05) is 5.25 Å². The molecule has 3 heteroatoms. The van der Waals surface area contributed by atoms with Crippen LogP contribution in [0.2, 0.25) is 0 Å². The van der Waals surface area contributed by atoms with E-state index in [-0.39, 0.29) is 12.1 Å². The Labute approximate surface area is 79.1 Å². The molecule has 0 radical (unpaired) electrons. The molecule has 0 aliphatic rings. The van der Waals surface area contributed by atoms with Crippen LogP contribution in [0.5, 0.6) is 0 Å². The van der Waals surface area contributed by atoms with E-state index in [0.717, 1.165) is 6.42 Å². The lowest BCUT2D eigenvalue weighted by Gasteiger charge is -2.09. The molecule has 0 aliphatic heterocycles. The molecule has 0 saturated carbocycles. The Kier molecular flexibility index (Phi) is 6.25. The summed E-state index contributed by atoms with van der Waals surface area (Å²) >= 11 is 1.65. The van der Waals surface area contributed by atoms with Crippen molar-refractivity contribution in [1.29, 1.82) is 0 Å². The average molecular weight is 190 g/mol. The molecule has 12 heavy (non-hydrogen) atoms. The van der Waals surface area contributed by atoms with Gasteiger partial charge in [-0.1, -0.05) is 13.8 Å². The highest BCUT2D eigenvalue weighted by Gasteiger charge is 2.07. The lowest BCUT2D eigenvalue weighted by Crippen LogP contribution is -2.14. The molecule has 72 valence electrons. The van der Waals surface area contributed by atoms with Gasteiger partial charge >= 0.3 is 5.97 Å². The predicted molar refractivity (Wildman–Crippen MR) is 53.4 cm³/mol. The zero-order valence-electron chi connectivity index (χ0n) is 8.29. The predicted octanol–water partition coefficient (Wildman–Crippen LogP) is 2.47. The van der Waals surface area contributed by atoms with Crippen LogP contribution in [0.4, 0.5) is 0 Å². The van der Waals surface area contributed by atoms with Gasteiger partial charge in [0.1, 0.15) is 0 Å². The summed E-state index contributed by atoms with van der Waals surface area (Å²) < 4.78 is 4.99. The molecule has 1 atom stereocenters. The Morgan fingerprint density at radius 3 is 2.42 bits per heavy atom. The van der Waals surface area contributed by atoms with Crippen molar-refractivity contribution in [2.75, 3.05) is 5.75 Å². The zero-order valence-corrected chi connectivity index (χ0v) is 9.11.